The molecule has 1 N–H and O–H groups in total. The topological polar surface area (TPSA) is 105 Å². The van der Waals surface area contributed by atoms with Gasteiger partial charge >= 0.3 is 0 Å². The van der Waals surface area contributed by atoms with Gasteiger partial charge < -0.3 is 19.7 Å². The van der Waals surface area contributed by atoms with E-state index < -0.39 is 34.3 Å². The minimum atomic E-state index is -4.38. The highest BCUT2D eigenvalue weighted by atomic mass is 35.5. The number of amides is 2. The van der Waals surface area contributed by atoms with Crippen molar-refractivity contribution < 1.29 is 31.9 Å². The number of halogens is 2. The highest BCUT2D eigenvalue weighted by Crippen LogP contribution is 2.34. The number of hydrogen-bond acceptors (Lipinski definition) is 6. The maximum absolute atomic E-state index is 14.2. The molecule has 1 aliphatic carbocycles. The first-order chi connectivity index (χ1) is 21.2. The summed E-state index contributed by atoms with van der Waals surface area (Å²) in [7, 11) is -4.38. The summed E-state index contributed by atoms with van der Waals surface area (Å²) in [4.78, 5) is 29.0. The van der Waals surface area contributed by atoms with Gasteiger partial charge in [0.05, 0.1) is 10.6 Å². The zero-order valence-corrected chi connectivity index (χ0v) is 26.0. The molecule has 1 atom stereocenters. The van der Waals surface area contributed by atoms with Gasteiger partial charge in [0.15, 0.2) is 11.5 Å². The minimum Gasteiger partial charge on any atom is -0.486 e. The molecule has 3 aromatic rings. The number of sulfonamides is 1. The molecule has 1 heterocycles. The first kappa shape index (κ1) is 31.6. The molecule has 0 bridgehead atoms. The van der Waals surface area contributed by atoms with Gasteiger partial charge in [0.2, 0.25) is 11.8 Å². The van der Waals surface area contributed by atoms with Gasteiger partial charge in [-0.2, -0.15) is 0 Å². The maximum Gasteiger partial charge on any atom is 0.264 e. The van der Waals surface area contributed by atoms with Crippen LogP contribution in [0.15, 0.2) is 71.6 Å². The van der Waals surface area contributed by atoms with Crippen molar-refractivity contribution in [3.8, 4) is 11.5 Å². The van der Waals surface area contributed by atoms with Crippen molar-refractivity contribution in [2.24, 2.45) is 0 Å². The zero-order chi connectivity index (χ0) is 31.3. The predicted molar refractivity (Wildman–Crippen MR) is 165 cm³/mol. The lowest BCUT2D eigenvalue weighted by molar-refractivity contribution is -0.140. The molecule has 2 amide bonds. The van der Waals surface area contributed by atoms with Crippen molar-refractivity contribution in [3.63, 3.8) is 0 Å². The lowest BCUT2D eigenvalue weighted by Gasteiger charge is -2.34. The SMILES string of the molecule is CCC(C(=O)NC1CCCC1)N(Cc1ccccc1Cl)C(=O)CN(c1ccc(F)cc1)S(=O)(=O)c1ccc2c(c1)OCCO2. The molecule has 1 unspecified atom stereocenters. The Morgan fingerprint density at radius 3 is 2.36 bits per heavy atom. The summed E-state index contributed by atoms with van der Waals surface area (Å²) in [5.74, 6) is -0.819. The molecule has 3 aromatic carbocycles. The number of hydrogen-bond donors (Lipinski definition) is 1. The fourth-order valence-electron chi connectivity index (χ4n) is 5.54. The molecule has 0 saturated heterocycles. The van der Waals surface area contributed by atoms with Crippen molar-refractivity contribution in [2.45, 2.75) is 62.6 Å². The van der Waals surface area contributed by atoms with E-state index in [1.165, 1.54) is 35.2 Å². The fraction of sp³-hybridized carbons (Fsp3) is 0.375. The smallest absolute Gasteiger partial charge is 0.264 e. The Morgan fingerprint density at radius 2 is 1.68 bits per heavy atom. The van der Waals surface area contributed by atoms with Crippen molar-refractivity contribution in [2.75, 3.05) is 24.1 Å². The van der Waals surface area contributed by atoms with Crippen LogP contribution in [0.3, 0.4) is 0 Å². The van der Waals surface area contributed by atoms with Crippen LogP contribution in [0.2, 0.25) is 5.02 Å². The van der Waals surface area contributed by atoms with E-state index in [2.05, 4.69) is 5.32 Å². The largest absolute Gasteiger partial charge is 0.486 e. The molecule has 0 aromatic heterocycles. The Kier molecular flexibility index (Phi) is 9.95. The minimum absolute atomic E-state index is 0.0174. The van der Waals surface area contributed by atoms with Crippen molar-refractivity contribution >= 4 is 39.1 Å². The van der Waals surface area contributed by atoms with Crippen LogP contribution in [0.25, 0.3) is 0 Å². The summed E-state index contributed by atoms with van der Waals surface area (Å²) in [6, 6.07) is 15.2. The van der Waals surface area contributed by atoms with E-state index in [1.807, 2.05) is 0 Å². The van der Waals surface area contributed by atoms with E-state index in [-0.39, 0.29) is 41.4 Å². The van der Waals surface area contributed by atoms with Gasteiger partial charge in [0.1, 0.15) is 31.6 Å². The molecular weight excluding hydrogens is 609 g/mol. The summed E-state index contributed by atoms with van der Waals surface area (Å²) in [5.41, 5.74) is 0.688. The molecule has 2 aliphatic rings. The predicted octanol–water partition coefficient (Wildman–Crippen LogP) is 5.31. The summed E-state index contributed by atoms with van der Waals surface area (Å²) in [5, 5.41) is 3.49. The van der Waals surface area contributed by atoms with E-state index in [9.17, 15) is 22.4 Å². The highest BCUT2D eigenvalue weighted by molar-refractivity contribution is 7.92. The average Bonchev–Trinajstić information content (AvgIpc) is 3.54. The quantitative estimate of drug-likeness (QED) is 0.304. The first-order valence-corrected chi connectivity index (χ1v) is 16.5. The summed E-state index contributed by atoms with van der Waals surface area (Å²) in [6.07, 6.45) is 4.07. The van der Waals surface area contributed by atoms with E-state index in [0.29, 0.717) is 29.4 Å². The molecule has 9 nitrogen and oxygen atoms in total. The Morgan fingerprint density at radius 1 is 1.00 bits per heavy atom. The van der Waals surface area contributed by atoms with Crippen molar-refractivity contribution in [1.29, 1.82) is 0 Å². The van der Waals surface area contributed by atoms with Crippen molar-refractivity contribution in [1.82, 2.24) is 10.2 Å². The molecule has 1 fully saturated rings. The second-order valence-electron chi connectivity index (χ2n) is 10.8. The molecule has 1 saturated carbocycles. The number of ether oxygens (including phenoxy) is 2. The lowest BCUT2D eigenvalue weighted by atomic mass is 10.1. The highest BCUT2D eigenvalue weighted by Gasteiger charge is 2.35. The molecule has 234 valence electrons. The second kappa shape index (κ2) is 13.9. The number of fused-ring (bicyclic) bond motifs is 1. The Balaban J connectivity index is 1.51. The van der Waals surface area contributed by atoms with Gasteiger partial charge in [-0.1, -0.05) is 49.6 Å². The van der Waals surface area contributed by atoms with Gasteiger partial charge in [-0.3, -0.25) is 13.9 Å². The Labute approximate surface area is 261 Å². The fourth-order valence-corrected chi connectivity index (χ4v) is 7.17. The summed E-state index contributed by atoms with van der Waals surface area (Å²) < 4.78 is 54.2. The number of anilines is 1. The third kappa shape index (κ3) is 7.10. The van der Waals surface area contributed by atoms with Gasteiger partial charge in [0.25, 0.3) is 10.0 Å². The number of carbonyl (C=O) groups is 2. The Hall–Kier alpha value is -3.83. The Bertz CT molecular complexity index is 1600. The van der Waals surface area contributed by atoms with Gasteiger partial charge in [0, 0.05) is 23.7 Å². The van der Waals surface area contributed by atoms with Crippen LogP contribution in [0.5, 0.6) is 11.5 Å². The van der Waals surface area contributed by atoms with Crippen LogP contribution >= 0.6 is 11.6 Å². The lowest BCUT2D eigenvalue weighted by Crippen LogP contribution is -2.53. The second-order valence-corrected chi connectivity index (χ2v) is 13.1. The van der Waals surface area contributed by atoms with Crippen LogP contribution in [0.1, 0.15) is 44.6 Å². The zero-order valence-electron chi connectivity index (χ0n) is 24.4. The van der Waals surface area contributed by atoms with Crippen LogP contribution in [-0.2, 0) is 26.2 Å². The van der Waals surface area contributed by atoms with Crippen LogP contribution < -0.4 is 19.1 Å². The van der Waals surface area contributed by atoms with Crippen LogP contribution in [0.4, 0.5) is 10.1 Å². The molecule has 44 heavy (non-hydrogen) atoms. The molecule has 5 rings (SSSR count). The first-order valence-electron chi connectivity index (χ1n) is 14.7. The van der Waals surface area contributed by atoms with Gasteiger partial charge in [-0.05, 0) is 67.3 Å². The molecule has 0 spiro atoms. The van der Waals surface area contributed by atoms with E-state index in [4.69, 9.17) is 21.1 Å². The van der Waals surface area contributed by atoms with E-state index in [0.717, 1.165) is 42.1 Å². The van der Waals surface area contributed by atoms with E-state index in [1.54, 1.807) is 31.2 Å². The molecule has 12 heteroatoms. The normalized spacial score (nSPS) is 15.4. The third-order valence-corrected chi connectivity index (χ3v) is 10.0. The third-order valence-electron chi connectivity index (χ3n) is 7.88. The molecule has 1 aliphatic heterocycles. The van der Waals surface area contributed by atoms with Crippen LogP contribution in [0, 0.1) is 5.82 Å². The monoisotopic (exact) mass is 643 g/mol. The van der Waals surface area contributed by atoms with Crippen molar-refractivity contribution in [3.05, 3.63) is 83.1 Å². The number of nitrogens with zero attached hydrogens (tertiary/aromatic N) is 2. The maximum atomic E-state index is 14.2. The number of benzene rings is 3. The van der Waals surface area contributed by atoms with E-state index >= 15 is 0 Å². The molecular formula is C32H35ClFN3O6S. The van der Waals surface area contributed by atoms with Gasteiger partial charge in [-0.15, -0.1) is 0 Å². The average molecular weight is 644 g/mol. The number of carbonyl (C=O) groups excluding carboxylic acids is 2. The number of rotatable bonds is 11. The van der Waals surface area contributed by atoms with Crippen LogP contribution in [-0.4, -0.2) is 57.0 Å². The van der Waals surface area contributed by atoms with Gasteiger partial charge in [-0.25, -0.2) is 12.8 Å². The summed E-state index contributed by atoms with van der Waals surface area (Å²) >= 11 is 6.46. The standard InChI is InChI=1S/C32H35ClFN3O6S/c1-2-28(32(39)35-24-8-4-5-9-24)36(20-22-7-3-6-10-27(22)33)31(38)21-37(25-13-11-23(34)12-14-25)44(40,41)26-15-16-29-30(19-26)43-18-17-42-29/h3,6-7,10-16,19,24,28H,2,4-5,8-9,17-18,20-21H2,1H3,(H,35,39). The summed E-state index contributed by atoms with van der Waals surface area (Å²) in [6.45, 7) is 1.73. The number of nitrogens with one attached hydrogen (secondary N) is 1. The molecule has 0 radical (unpaired) electrons.